The maximum absolute atomic E-state index is 12.2. The lowest BCUT2D eigenvalue weighted by molar-refractivity contribution is -0.144. The Balaban J connectivity index is 2.53. The molecule has 0 aromatic carbocycles. The van der Waals surface area contributed by atoms with Crippen molar-refractivity contribution in [2.24, 2.45) is 5.92 Å². The molecule has 1 aliphatic heterocycles. The normalized spacial score (nSPS) is 30.1. The summed E-state index contributed by atoms with van der Waals surface area (Å²) in [4.78, 5) is 12.6. The molecule has 0 aromatic heterocycles. The van der Waals surface area contributed by atoms with Crippen LogP contribution in [0.2, 0.25) is 0 Å². The van der Waals surface area contributed by atoms with E-state index in [2.05, 4.69) is 0 Å². The molecule has 1 aliphatic rings. The zero-order chi connectivity index (χ0) is 11.4. The van der Waals surface area contributed by atoms with Gasteiger partial charge in [0.1, 0.15) is 6.04 Å². The van der Waals surface area contributed by atoms with Crippen LogP contribution in [-0.4, -0.2) is 53.0 Å². The van der Waals surface area contributed by atoms with Gasteiger partial charge in [-0.2, -0.15) is 0 Å². The van der Waals surface area contributed by atoms with Crippen molar-refractivity contribution in [3.8, 4) is 0 Å². The van der Waals surface area contributed by atoms with Crippen molar-refractivity contribution in [3.63, 3.8) is 0 Å². The topological polar surface area (TPSA) is 60.8 Å². The Labute approximate surface area is 88.7 Å². The molecule has 1 rings (SSSR count). The maximum Gasteiger partial charge on any atom is 0.320 e. The molecule has 1 heterocycles. The average molecular weight is 219 g/mol. The predicted molar refractivity (Wildman–Crippen MR) is 53.4 cm³/mol. The van der Waals surface area contributed by atoms with Gasteiger partial charge < -0.3 is 10.2 Å². The van der Waals surface area contributed by atoms with Crippen LogP contribution in [0.25, 0.3) is 0 Å². The highest BCUT2D eigenvalue weighted by Gasteiger charge is 2.31. The lowest BCUT2D eigenvalue weighted by Crippen LogP contribution is -2.49. The van der Waals surface area contributed by atoms with Crippen molar-refractivity contribution >= 4 is 5.97 Å². The van der Waals surface area contributed by atoms with E-state index in [1.807, 2.05) is 0 Å². The van der Waals surface area contributed by atoms with Crippen LogP contribution in [0.4, 0.5) is 4.39 Å². The Bertz CT molecular complexity index is 225. The zero-order valence-corrected chi connectivity index (χ0v) is 8.90. The number of aliphatic carboxylic acids is 1. The Kier molecular flexibility index (Phi) is 4.47. The van der Waals surface area contributed by atoms with Crippen LogP contribution in [0.1, 0.15) is 19.8 Å². The van der Waals surface area contributed by atoms with E-state index in [0.717, 1.165) is 0 Å². The van der Waals surface area contributed by atoms with Crippen molar-refractivity contribution in [2.45, 2.75) is 31.9 Å². The van der Waals surface area contributed by atoms with Crippen LogP contribution in [-0.2, 0) is 4.79 Å². The molecule has 0 radical (unpaired) electrons. The second-order valence-corrected chi connectivity index (χ2v) is 4.10. The number of aliphatic hydroxyl groups is 1. The number of hydrogen-bond donors (Lipinski definition) is 2. The molecule has 3 atom stereocenters. The second kappa shape index (κ2) is 5.42. The molecule has 0 aliphatic carbocycles. The third-order valence-electron chi connectivity index (χ3n) is 3.11. The standard InChI is InChI=1S/C10H18FNO3/c1-7(10(14)15)12-5-3-9(13)8(6-12)2-4-11/h7-9,13H,2-6H2,1H3,(H,14,15)/t7-,8-,9-/m1/s1. The maximum atomic E-state index is 12.2. The molecule has 0 unspecified atom stereocenters. The van der Waals surface area contributed by atoms with Crippen LogP contribution < -0.4 is 0 Å². The van der Waals surface area contributed by atoms with Crippen molar-refractivity contribution in [2.75, 3.05) is 19.8 Å². The van der Waals surface area contributed by atoms with Crippen LogP contribution >= 0.6 is 0 Å². The number of aliphatic hydroxyl groups excluding tert-OH is 1. The van der Waals surface area contributed by atoms with E-state index < -0.39 is 24.8 Å². The first-order chi connectivity index (χ1) is 7.06. The Morgan fingerprint density at radius 1 is 1.67 bits per heavy atom. The summed E-state index contributed by atoms with van der Waals surface area (Å²) >= 11 is 0. The molecular weight excluding hydrogens is 201 g/mol. The molecule has 1 fully saturated rings. The minimum Gasteiger partial charge on any atom is -0.480 e. The number of piperidine rings is 1. The first kappa shape index (κ1) is 12.4. The van der Waals surface area contributed by atoms with Crippen LogP contribution in [0.3, 0.4) is 0 Å². The summed E-state index contributed by atoms with van der Waals surface area (Å²) in [6, 6.07) is -0.556. The van der Waals surface area contributed by atoms with Gasteiger partial charge in [0.2, 0.25) is 0 Å². The van der Waals surface area contributed by atoms with Gasteiger partial charge in [-0.25, -0.2) is 0 Å². The number of carboxylic acids is 1. The SMILES string of the molecule is C[C@H](C(=O)O)N1CC[C@@H](O)[C@H](CCF)C1. The van der Waals surface area contributed by atoms with Crippen molar-refractivity contribution in [1.82, 2.24) is 4.90 Å². The predicted octanol–water partition coefficient (Wildman–Crippen LogP) is 0.502. The van der Waals surface area contributed by atoms with E-state index in [9.17, 15) is 14.3 Å². The monoisotopic (exact) mass is 219 g/mol. The van der Waals surface area contributed by atoms with Crippen LogP contribution in [0, 0.1) is 5.92 Å². The van der Waals surface area contributed by atoms with E-state index in [1.54, 1.807) is 11.8 Å². The number of halogens is 1. The number of alkyl halides is 1. The van der Waals surface area contributed by atoms with Gasteiger partial charge in [0.25, 0.3) is 0 Å². The first-order valence-electron chi connectivity index (χ1n) is 5.27. The smallest absolute Gasteiger partial charge is 0.320 e. The summed E-state index contributed by atoms with van der Waals surface area (Å²) in [6.45, 7) is 2.19. The van der Waals surface area contributed by atoms with Gasteiger partial charge in [-0.15, -0.1) is 0 Å². The highest BCUT2D eigenvalue weighted by molar-refractivity contribution is 5.72. The molecule has 0 spiro atoms. The molecule has 0 aromatic rings. The summed E-state index contributed by atoms with van der Waals surface area (Å²) in [5.41, 5.74) is 0. The van der Waals surface area contributed by atoms with E-state index in [-0.39, 0.29) is 5.92 Å². The third kappa shape index (κ3) is 3.14. The third-order valence-corrected chi connectivity index (χ3v) is 3.11. The Morgan fingerprint density at radius 2 is 2.33 bits per heavy atom. The first-order valence-corrected chi connectivity index (χ1v) is 5.27. The number of carbonyl (C=O) groups is 1. The molecule has 88 valence electrons. The fraction of sp³-hybridized carbons (Fsp3) is 0.900. The van der Waals surface area contributed by atoms with E-state index in [1.165, 1.54) is 0 Å². The summed E-state index contributed by atoms with van der Waals surface area (Å²) in [7, 11) is 0. The van der Waals surface area contributed by atoms with Crippen molar-refractivity contribution < 1.29 is 19.4 Å². The second-order valence-electron chi connectivity index (χ2n) is 4.10. The molecule has 2 N–H and O–H groups in total. The summed E-state index contributed by atoms with van der Waals surface area (Å²) < 4.78 is 12.2. The van der Waals surface area contributed by atoms with Crippen LogP contribution in [0.5, 0.6) is 0 Å². The lowest BCUT2D eigenvalue weighted by atomic mass is 9.91. The number of likely N-dealkylation sites (tertiary alicyclic amines) is 1. The fourth-order valence-electron chi connectivity index (χ4n) is 1.98. The molecule has 4 nitrogen and oxygen atoms in total. The Hall–Kier alpha value is -0.680. The van der Waals surface area contributed by atoms with E-state index >= 15 is 0 Å². The van der Waals surface area contributed by atoms with Gasteiger partial charge in [-0.05, 0) is 19.8 Å². The van der Waals surface area contributed by atoms with E-state index in [0.29, 0.717) is 25.9 Å². The highest BCUT2D eigenvalue weighted by atomic mass is 19.1. The summed E-state index contributed by atoms with van der Waals surface area (Å²) in [6.07, 6.45) is 0.352. The van der Waals surface area contributed by atoms with Gasteiger partial charge in [0.15, 0.2) is 0 Å². The average Bonchev–Trinajstić information content (AvgIpc) is 2.20. The largest absolute Gasteiger partial charge is 0.480 e. The number of hydrogen-bond acceptors (Lipinski definition) is 3. The number of rotatable bonds is 4. The van der Waals surface area contributed by atoms with Gasteiger partial charge in [-0.3, -0.25) is 14.1 Å². The minimum atomic E-state index is -0.870. The minimum absolute atomic E-state index is 0.134. The molecule has 0 saturated carbocycles. The molecule has 1 saturated heterocycles. The fourth-order valence-corrected chi connectivity index (χ4v) is 1.98. The highest BCUT2D eigenvalue weighted by Crippen LogP contribution is 2.22. The molecule has 0 bridgehead atoms. The lowest BCUT2D eigenvalue weighted by Gasteiger charge is -2.37. The summed E-state index contributed by atoms with van der Waals surface area (Å²) in [5.74, 6) is -1.00. The number of nitrogens with zero attached hydrogens (tertiary/aromatic N) is 1. The van der Waals surface area contributed by atoms with E-state index in [4.69, 9.17) is 5.11 Å². The quantitative estimate of drug-likeness (QED) is 0.723. The zero-order valence-electron chi connectivity index (χ0n) is 8.90. The molecule has 0 amide bonds. The molecule has 15 heavy (non-hydrogen) atoms. The molecule has 5 heteroatoms. The summed E-state index contributed by atoms with van der Waals surface area (Å²) in [5, 5.41) is 18.4. The molecular formula is C10H18FNO3. The van der Waals surface area contributed by atoms with Crippen LogP contribution in [0.15, 0.2) is 0 Å². The van der Waals surface area contributed by atoms with Gasteiger partial charge in [0, 0.05) is 19.0 Å². The Morgan fingerprint density at radius 3 is 2.87 bits per heavy atom. The van der Waals surface area contributed by atoms with Gasteiger partial charge in [0.05, 0.1) is 12.8 Å². The number of carboxylic acid groups (broad SMARTS) is 1. The van der Waals surface area contributed by atoms with Gasteiger partial charge in [-0.1, -0.05) is 0 Å². The van der Waals surface area contributed by atoms with Crippen molar-refractivity contribution in [1.29, 1.82) is 0 Å². The van der Waals surface area contributed by atoms with Crippen molar-refractivity contribution in [3.05, 3.63) is 0 Å². The van der Waals surface area contributed by atoms with Gasteiger partial charge >= 0.3 is 5.97 Å².